The summed E-state index contributed by atoms with van der Waals surface area (Å²) in [5.41, 5.74) is 5.25. The second-order valence-electron chi connectivity index (χ2n) is 3.21. The zero-order chi connectivity index (χ0) is 11.4. The molecule has 3 N–H and O–H groups in total. The van der Waals surface area contributed by atoms with Crippen LogP contribution in [-0.4, -0.2) is 17.6 Å². The maximum atomic E-state index is 13.1. The van der Waals surface area contributed by atoms with Crippen molar-refractivity contribution in [3.63, 3.8) is 0 Å². The topological polar surface area (TPSA) is 63.3 Å². The monoisotopic (exact) mass is 251 g/mol. The number of hydrogen-bond acceptors (Lipinski definition) is 2. The fourth-order valence-electron chi connectivity index (χ4n) is 1.24. The van der Waals surface area contributed by atoms with Gasteiger partial charge in [-0.3, -0.25) is 4.79 Å². The number of carboxylic acid groups (broad SMARTS) is 1. The normalized spacial score (nSPS) is 11.7. The Labute approximate surface area is 97.7 Å². The van der Waals surface area contributed by atoms with Crippen LogP contribution in [-0.2, 0) is 11.2 Å². The summed E-state index contributed by atoms with van der Waals surface area (Å²) in [6.45, 7) is -0.106. The highest BCUT2D eigenvalue weighted by molar-refractivity contribution is 5.85. The predicted molar refractivity (Wildman–Crippen MR) is 57.5 cm³/mol. The Morgan fingerprint density at radius 2 is 2.06 bits per heavy atom. The SMILES string of the molecule is Cl.NC[C@H](Cc1cc(F)ccc1F)C(=O)O. The molecule has 3 nitrogen and oxygen atoms in total. The molecular formula is C10H12ClF2NO2. The molecule has 1 atom stereocenters. The zero-order valence-corrected chi connectivity index (χ0v) is 9.14. The van der Waals surface area contributed by atoms with E-state index in [4.69, 9.17) is 10.8 Å². The lowest BCUT2D eigenvalue weighted by atomic mass is 9.99. The zero-order valence-electron chi connectivity index (χ0n) is 8.32. The van der Waals surface area contributed by atoms with E-state index in [1.807, 2.05) is 0 Å². The van der Waals surface area contributed by atoms with Crippen LogP contribution >= 0.6 is 12.4 Å². The van der Waals surface area contributed by atoms with Crippen LogP contribution in [0.5, 0.6) is 0 Å². The number of benzene rings is 1. The van der Waals surface area contributed by atoms with Crippen molar-refractivity contribution >= 4 is 18.4 Å². The first-order valence-corrected chi connectivity index (χ1v) is 4.41. The van der Waals surface area contributed by atoms with Crippen molar-refractivity contribution in [2.45, 2.75) is 6.42 Å². The lowest BCUT2D eigenvalue weighted by Gasteiger charge is -2.10. The van der Waals surface area contributed by atoms with Gasteiger partial charge in [0.2, 0.25) is 0 Å². The average Bonchev–Trinajstić information content (AvgIpc) is 2.18. The van der Waals surface area contributed by atoms with Crippen molar-refractivity contribution < 1.29 is 18.7 Å². The number of carboxylic acids is 1. The Kier molecular flexibility index (Phi) is 5.92. The van der Waals surface area contributed by atoms with E-state index >= 15 is 0 Å². The highest BCUT2D eigenvalue weighted by atomic mass is 35.5. The third-order valence-corrected chi connectivity index (χ3v) is 2.11. The summed E-state index contributed by atoms with van der Waals surface area (Å²) in [6.07, 6.45) is -0.102. The molecule has 0 aromatic heterocycles. The molecule has 0 aliphatic carbocycles. The van der Waals surface area contributed by atoms with Gasteiger partial charge in [-0.15, -0.1) is 12.4 Å². The van der Waals surface area contributed by atoms with Crippen LogP contribution in [0.25, 0.3) is 0 Å². The van der Waals surface area contributed by atoms with Gasteiger partial charge in [0.25, 0.3) is 0 Å². The van der Waals surface area contributed by atoms with Gasteiger partial charge in [-0.05, 0) is 30.2 Å². The maximum Gasteiger partial charge on any atom is 0.308 e. The molecule has 0 saturated heterocycles. The molecule has 16 heavy (non-hydrogen) atoms. The summed E-state index contributed by atoms with van der Waals surface area (Å²) in [7, 11) is 0. The van der Waals surface area contributed by atoms with Crippen LogP contribution < -0.4 is 5.73 Å². The summed E-state index contributed by atoms with van der Waals surface area (Å²) in [4.78, 5) is 10.6. The molecule has 0 aliphatic rings. The second kappa shape index (κ2) is 6.40. The highest BCUT2D eigenvalue weighted by Gasteiger charge is 2.18. The fourth-order valence-corrected chi connectivity index (χ4v) is 1.24. The first kappa shape index (κ1) is 14.8. The Morgan fingerprint density at radius 1 is 1.44 bits per heavy atom. The third-order valence-electron chi connectivity index (χ3n) is 2.11. The molecule has 0 fully saturated rings. The van der Waals surface area contributed by atoms with Gasteiger partial charge in [-0.2, -0.15) is 0 Å². The predicted octanol–water partition coefficient (Wildman–Crippen LogP) is 1.59. The number of aliphatic carboxylic acids is 1. The van der Waals surface area contributed by atoms with Gasteiger partial charge in [0, 0.05) is 6.54 Å². The average molecular weight is 252 g/mol. The first-order valence-electron chi connectivity index (χ1n) is 4.41. The van der Waals surface area contributed by atoms with E-state index in [0.717, 1.165) is 18.2 Å². The molecule has 0 spiro atoms. The van der Waals surface area contributed by atoms with Crippen molar-refractivity contribution in [3.8, 4) is 0 Å². The van der Waals surface area contributed by atoms with Crippen LogP contribution in [0.4, 0.5) is 8.78 Å². The van der Waals surface area contributed by atoms with Crippen LogP contribution in [0.15, 0.2) is 18.2 Å². The van der Waals surface area contributed by atoms with E-state index in [9.17, 15) is 13.6 Å². The highest BCUT2D eigenvalue weighted by Crippen LogP contribution is 2.14. The molecule has 0 bridgehead atoms. The van der Waals surface area contributed by atoms with Gasteiger partial charge in [-0.1, -0.05) is 0 Å². The van der Waals surface area contributed by atoms with E-state index in [2.05, 4.69) is 0 Å². The largest absolute Gasteiger partial charge is 0.481 e. The number of carbonyl (C=O) groups is 1. The lowest BCUT2D eigenvalue weighted by Crippen LogP contribution is -2.25. The van der Waals surface area contributed by atoms with Crippen LogP contribution in [0.3, 0.4) is 0 Å². The fraction of sp³-hybridized carbons (Fsp3) is 0.300. The molecule has 6 heteroatoms. The Hall–Kier alpha value is -1.20. The first-order chi connectivity index (χ1) is 7.04. The third kappa shape index (κ3) is 3.75. The Balaban J connectivity index is 0.00000225. The molecule has 0 aliphatic heterocycles. The quantitative estimate of drug-likeness (QED) is 0.854. The summed E-state index contributed by atoms with van der Waals surface area (Å²) < 4.78 is 25.9. The minimum Gasteiger partial charge on any atom is -0.481 e. The van der Waals surface area contributed by atoms with Crippen LogP contribution in [0.2, 0.25) is 0 Å². The van der Waals surface area contributed by atoms with Gasteiger partial charge in [0.05, 0.1) is 5.92 Å². The summed E-state index contributed by atoms with van der Waals surface area (Å²) in [5, 5.41) is 8.70. The van der Waals surface area contributed by atoms with Crippen LogP contribution in [0, 0.1) is 17.6 Å². The van der Waals surface area contributed by atoms with Gasteiger partial charge in [0.15, 0.2) is 0 Å². The van der Waals surface area contributed by atoms with Crippen molar-refractivity contribution in [1.82, 2.24) is 0 Å². The molecule has 1 aromatic rings. The molecule has 0 heterocycles. The lowest BCUT2D eigenvalue weighted by molar-refractivity contribution is -0.141. The second-order valence-corrected chi connectivity index (χ2v) is 3.21. The van der Waals surface area contributed by atoms with Gasteiger partial charge in [-0.25, -0.2) is 8.78 Å². The minimum atomic E-state index is -1.11. The summed E-state index contributed by atoms with van der Waals surface area (Å²) >= 11 is 0. The number of rotatable bonds is 4. The smallest absolute Gasteiger partial charge is 0.308 e. The number of halogens is 3. The van der Waals surface area contributed by atoms with Crippen molar-refractivity contribution in [3.05, 3.63) is 35.4 Å². The van der Waals surface area contributed by atoms with Gasteiger partial charge >= 0.3 is 5.97 Å². The van der Waals surface area contributed by atoms with Crippen LogP contribution in [0.1, 0.15) is 5.56 Å². The van der Waals surface area contributed by atoms with Crippen molar-refractivity contribution in [1.29, 1.82) is 0 Å². The van der Waals surface area contributed by atoms with E-state index in [1.165, 1.54) is 0 Å². The maximum absolute atomic E-state index is 13.1. The van der Waals surface area contributed by atoms with E-state index in [0.29, 0.717) is 0 Å². The van der Waals surface area contributed by atoms with Gasteiger partial charge in [0.1, 0.15) is 11.6 Å². The molecule has 90 valence electrons. The molecule has 0 amide bonds. The Morgan fingerprint density at radius 3 is 2.56 bits per heavy atom. The van der Waals surface area contributed by atoms with E-state index < -0.39 is 23.5 Å². The standard InChI is InChI=1S/C10H11F2NO2.ClH/c11-8-1-2-9(12)6(4-8)3-7(5-13)10(14)15;/h1-2,4,7H,3,5,13H2,(H,14,15);1H/t7-;/m0./s1. The van der Waals surface area contributed by atoms with Crippen molar-refractivity contribution in [2.24, 2.45) is 11.7 Å². The molecule has 0 saturated carbocycles. The van der Waals surface area contributed by atoms with Gasteiger partial charge < -0.3 is 10.8 Å². The summed E-state index contributed by atoms with van der Waals surface area (Å²) in [6, 6.07) is 2.94. The molecule has 0 unspecified atom stereocenters. The molecule has 0 radical (unpaired) electrons. The van der Waals surface area contributed by atoms with E-state index in [-0.39, 0.29) is 30.9 Å². The number of nitrogens with two attached hydrogens (primary N) is 1. The van der Waals surface area contributed by atoms with E-state index in [1.54, 1.807) is 0 Å². The summed E-state index contributed by atoms with van der Waals surface area (Å²) in [5.74, 6) is -3.20. The molecule has 1 rings (SSSR count). The van der Waals surface area contributed by atoms with Crippen molar-refractivity contribution in [2.75, 3.05) is 6.54 Å². The Bertz CT molecular complexity index is 374. The molecular weight excluding hydrogens is 240 g/mol. The minimum absolute atomic E-state index is 0. The number of hydrogen-bond donors (Lipinski definition) is 2. The molecule has 1 aromatic carbocycles.